The molecule has 0 fully saturated rings. The van der Waals surface area contributed by atoms with Crippen molar-refractivity contribution in [3.63, 3.8) is 0 Å². The Morgan fingerprint density at radius 2 is 1.70 bits per heavy atom. The molecule has 7 nitrogen and oxygen atoms in total. The maximum Gasteiger partial charge on any atom is 0.249 e. The van der Waals surface area contributed by atoms with Crippen LogP contribution in [0.3, 0.4) is 0 Å². The van der Waals surface area contributed by atoms with Gasteiger partial charge >= 0.3 is 0 Å². The molecule has 7 heteroatoms. The summed E-state index contributed by atoms with van der Waals surface area (Å²) < 4.78 is 0. The Kier molecular flexibility index (Phi) is 9.11. The molecule has 5 N–H and O–H groups in total. The second kappa shape index (κ2) is 9.68. The third kappa shape index (κ3) is 7.42. The van der Waals surface area contributed by atoms with E-state index in [1.54, 1.807) is 13.8 Å². The molecule has 0 unspecified atom stereocenters. The van der Waals surface area contributed by atoms with Crippen molar-refractivity contribution < 1.29 is 24.9 Å². The number of aliphatic hydroxyl groups is 3. The molecule has 0 rings (SSSR count). The molecular formula is C13H26N2O5. The minimum absolute atomic E-state index is 0.0366. The molecule has 0 bridgehead atoms. The molecule has 0 aliphatic carbocycles. The summed E-state index contributed by atoms with van der Waals surface area (Å²) in [6, 6.07) is 0. The van der Waals surface area contributed by atoms with Crippen LogP contribution in [0.4, 0.5) is 0 Å². The van der Waals surface area contributed by atoms with E-state index in [0.717, 1.165) is 0 Å². The van der Waals surface area contributed by atoms with Gasteiger partial charge in [0.2, 0.25) is 11.8 Å². The fraction of sp³-hybridized carbons (Fsp3) is 0.846. The minimum atomic E-state index is -1.29. The molecule has 0 heterocycles. The monoisotopic (exact) mass is 290 g/mol. The van der Waals surface area contributed by atoms with Crippen molar-refractivity contribution in [2.24, 2.45) is 5.41 Å². The summed E-state index contributed by atoms with van der Waals surface area (Å²) in [5.41, 5.74) is -0.897. The predicted molar refractivity (Wildman–Crippen MR) is 73.8 cm³/mol. The minimum Gasteiger partial charge on any atom is -0.396 e. The summed E-state index contributed by atoms with van der Waals surface area (Å²) >= 11 is 0. The molecular weight excluding hydrogens is 264 g/mol. The number of hydrogen-bond acceptors (Lipinski definition) is 5. The maximum absolute atomic E-state index is 11.6. The highest BCUT2D eigenvalue weighted by Gasteiger charge is 2.32. The van der Waals surface area contributed by atoms with Gasteiger partial charge in [0.15, 0.2) is 0 Å². The number of aliphatic hydroxyl groups excluding tert-OH is 3. The lowest BCUT2D eigenvalue weighted by Gasteiger charge is -2.27. The number of carbonyl (C=O) groups excluding carboxylic acids is 2. The topological polar surface area (TPSA) is 119 Å². The lowest BCUT2D eigenvalue weighted by molar-refractivity contribution is -0.137. The Hall–Kier alpha value is -1.18. The van der Waals surface area contributed by atoms with Crippen molar-refractivity contribution in [1.82, 2.24) is 10.6 Å². The Labute approximate surface area is 119 Å². The van der Waals surface area contributed by atoms with Crippen LogP contribution in [-0.2, 0) is 9.59 Å². The van der Waals surface area contributed by atoms with Crippen LogP contribution in [0.5, 0.6) is 0 Å². The molecule has 0 spiro atoms. The van der Waals surface area contributed by atoms with Crippen molar-refractivity contribution >= 4 is 11.8 Å². The fourth-order valence-electron chi connectivity index (χ4n) is 1.39. The lowest BCUT2D eigenvalue weighted by Crippen LogP contribution is -2.45. The first kappa shape index (κ1) is 18.8. The van der Waals surface area contributed by atoms with E-state index in [4.69, 9.17) is 10.2 Å². The van der Waals surface area contributed by atoms with Crippen LogP contribution in [-0.4, -0.2) is 59.5 Å². The quantitative estimate of drug-likeness (QED) is 0.322. The first-order chi connectivity index (χ1) is 9.35. The number of rotatable bonds is 10. The third-order valence-electron chi connectivity index (χ3n) is 2.93. The van der Waals surface area contributed by atoms with Crippen LogP contribution in [0.25, 0.3) is 0 Å². The van der Waals surface area contributed by atoms with Crippen molar-refractivity contribution in [2.75, 3.05) is 26.3 Å². The number of amides is 2. The normalized spacial score (nSPS) is 12.8. The van der Waals surface area contributed by atoms with E-state index in [0.29, 0.717) is 19.4 Å². The van der Waals surface area contributed by atoms with Gasteiger partial charge in [0.25, 0.3) is 0 Å². The average Bonchev–Trinajstić information content (AvgIpc) is 2.42. The zero-order valence-corrected chi connectivity index (χ0v) is 12.2. The van der Waals surface area contributed by atoms with E-state index in [1.807, 2.05) is 0 Å². The molecule has 0 aromatic rings. The van der Waals surface area contributed by atoms with Gasteiger partial charge in [0, 0.05) is 31.5 Å². The van der Waals surface area contributed by atoms with E-state index in [1.165, 1.54) is 0 Å². The molecule has 0 aromatic carbocycles. The Bertz CT molecular complexity index is 307. The first-order valence-corrected chi connectivity index (χ1v) is 6.79. The molecule has 118 valence electrons. The maximum atomic E-state index is 11.6. The second-order valence-electron chi connectivity index (χ2n) is 5.37. The van der Waals surface area contributed by atoms with Gasteiger partial charge in [-0.2, -0.15) is 0 Å². The van der Waals surface area contributed by atoms with Crippen molar-refractivity contribution in [3.8, 4) is 0 Å². The van der Waals surface area contributed by atoms with Gasteiger partial charge in [0.05, 0.1) is 6.61 Å². The molecule has 20 heavy (non-hydrogen) atoms. The van der Waals surface area contributed by atoms with Crippen LogP contribution in [0, 0.1) is 5.41 Å². The van der Waals surface area contributed by atoms with Crippen molar-refractivity contribution in [2.45, 2.75) is 39.2 Å². The molecule has 2 amide bonds. The molecule has 0 saturated carbocycles. The van der Waals surface area contributed by atoms with Crippen LogP contribution >= 0.6 is 0 Å². The lowest BCUT2D eigenvalue weighted by atomic mass is 9.87. The van der Waals surface area contributed by atoms with Gasteiger partial charge in [0.1, 0.15) is 6.10 Å². The van der Waals surface area contributed by atoms with Gasteiger partial charge in [-0.3, -0.25) is 9.59 Å². The van der Waals surface area contributed by atoms with Gasteiger partial charge in [-0.25, -0.2) is 0 Å². The molecule has 0 aliphatic rings. The summed E-state index contributed by atoms with van der Waals surface area (Å²) in [5.74, 6) is -0.686. The standard InChI is InChI=1S/C13H26N2O5/c1-13(2,9-17)11(19)12(20)15-6-3-5-10(18)14-7-4-8-16/h11,16-17,19H,3-9H2,1-2H3,(H,14,18)(H,15,20)/t11-/m0/s1. The van der Waals surface area contributed by atoms with E-state index in [-0.39, 0.29) is 32.1 Å². The van der Waals surface area contributed by atoms with Gasteiger partial charge in [-0.1, -0.05) is 13.8 Å². The van der Waals surface area contributed by atoms with Crippen LogP contribution in [0.1, 0.15) is 33.1 Å². The van der Waals surface area contributed by atoms with E-state index in [2.05, 4.69) is 10.6 Å². The summed E-state index contributed by atoms with van der Waals surface area (Å²) in [4.78, 5) is 22.9. The van der Waals surface area contributed by atoms with Gasteiger partial charge in [-0.05, 0) is 12.8 Å². The van der Waals surface area contributed by atoms with E-state index < -0.39 is 17.4 Å². The molecule has 0 aromatic heterocycles. The Morgan fingerprint density at radius 1 is 1.10 bits per heavy atom. The van der Waals surface area contributed by atoms with E-state index >= 15 is 0 Å². The largest absolute Gasteiger partial charge is 0.396 e. The third-order valence-corrected chi connectivity index (χ3v) is 2.93. The number of carbonyl (C=O) groups is 2. The Balaban J connectivity index is 3.79. The summed E-state index contributed by atoms with van der Waals surface area (Å²) in [7, 11) is 0. The highest BCUT2D eigenvalue weighted by Crippen LogP contribution is 2.19. The Morgan fingerprint density at radius 3 is 2.25 bits per heavy atom. The highest BCUT2D eigenvalue weighted by molar-refractivity contribution is 5.81. The zero-order valence-electron chi connectivity index (χ0n) is 12.2. The molecule has 1 atom stereocenters. The van der Waals surface area contributed by atoms with Crippen LogP contribution in [0.15, 0.2) is 0 Å². The van der Waals surface area contributed by atoms with E-state index in [9.17, 15) is 14.7 Å². The van der Waals surface area contributed by atoms with Crippen LogP contribution in [0.2, 0.25) is 0 Å². The molecule has 0 radical (unpaired) electrons. The molecule has 0 aliphatic heterocycles. The van der Waals surface area contributed by atoms with Crippen molar-refractivity contribution in [1.29, 1.82) is 0 Å². The highest BCUT2D eigenvalue weighted by atomic mass is 16.3. The van der Waals surface area contributed by atoms with Crippen molar-refractivity contribution in [3.05, 3.63) is 0 Å². The molecule has 0 saturated heterocycles. The van der Waals surface area contributed by atoms with Crippen LogP contribution < -0.4 is 10.6 Å². The second-order valence-corrected chi connectivity index (χ2v) is 5.37. The van der Waals surface area contributed by atoms with Gasteiger partial charge < -0.3 is 26.0 Å². The smallest absolute Gasteiger partial charge is 0.249 e. The fourth-order valence-corrected chi connectivity index (χ4v) is 1.39. The van der Waals surface area contributed by atoms with Gasteiger partial charge in [-0.15, -0.1) is 0 Å². The summed E-state index contributed by atoms with van der Waals surface area (Å²) in [5, 5.41) is 32.5. The summed E-state index contributed by atoms with van der Waals surface area (Å²) in [6.07, 6.45) is -0.0371. The number of nitrogens with one attached hydrogen (secondary N) is 2. The predicted octanol–water partition coefficient (Wildman–Crippen LogP) is -1.24. The zero-order chi connectivity index (χ0) is 15.6. The average molecular weight is 290 g/mol. The first-order valence-electron chi connectivity index (χ1n) is 6.79. The summed E-state index contributed by atoms with van der Waals surface area (Å²) in [6.45, 7) is 3.64. The SMILES string of the molecule is CC(C)(CO)[C@@H](O)C(=O)NCCCC(=O)NCCCO. The number of hydrogen-bond donors (Lipinski definition) is 5.